The third-order valence-corrected chi connectivity index (χ3v) is 2.99. The van der Waals surface area contributed by atoms with Gasteiger partial charge in [-0.3, -0.25) is 4.79 Å². The lowest BCUT2D eigenvalue weighted by atomic mass is 10.1. The molecule has 1 rings (SSSR count). The Kier molecular flexibility index (Phi) is 6.21. The predicted molar refractivity (Wildman–Crippen MR) is 84.5 cm³/mol. The summed E-state index contributed by atoms with van der Waals surface area (Å²) in [4.78, 5) is 14.5. The maximum absolute atomic E-state index is 12.6. The summed E-state index contributed by atoms with van der Waals surface area (Å²) < 4.78 is 0. The Labute approximate surface area is 126 Å². The minimum Gasteiger partial charge on any atom is -0.409 e. The molecule has 0 fully saturated rings. The van der Waals surface area contributed by atoms with Gasteiger partial charge in [-0.2, -0.15) is 0 Å². The number of nitrogens with zero attached hydrogens (tertiary/aromatic N) is 2. The molecular formula is C16H25N3O2. The molecule has 5 nitrogen and oxygen atoms in total. The van der Waals surface area contributed by atoms with Gasteiger partial charge >= 0.3 is 0 Å². The topological polar surface area (TPSA) is 78.9 Å². The molecule has 0 radical (unpaired) electrons. The van der Waals surface area contributed by atoms with Crippen LogP contribution in [-0.2, 0) is 0 Å². The van der Waals surface area contributed by atoms with E-state index in [0.717, 1.165) is 13.1 Å². The van der Waals surface area contributed by atoms with Gasteiger partial charge in [0.2, 0.25) is 0 Å². The van der Waals surface area contributed by atoms with Crippen molar-refractivity contribution in [2.24, 2.45) is 22.7 Å². The van der Waals surface area contributed by atoms with E-state index in [-0.39, 0.29) is 11.7 Å². The fourth-order valence-corrected chi connectivity index (χ4v) is 2.15. The highest BCUT2D eigenvalue weighted by Crippen LogP contribution is 2.12. The summed E-state index contributed by atoms with van der Waals surface area (Å²) in [7, 11) is 0. The van der Waals surface area contributed by atoms with Crippen molar-refractivity contribution in [3.05, 3.63) is 35.4 Å². The molecule has 0 bridgehead atoms. The van der Waals surface area contributed by atoms with Gasteiger partial charge in [0.15, 0.2) is 5.84 Å². The number of hydrogen-bond donors (Lipinski definition) is 2. The van der Waals surface area contributed by atoms with Gasteiger partial charge in [-0.15, -0.1) is 0 Å². The van der Waals surface area contributed by atoms with Crippen molar-refractivity contribution >= 4 is 11.7 Å². The van der Waals surface area contributed by atoms with Crippen molar-refractivity contribution < 1.29 is 10.0 Å². The van der Waals surface area contributed by atoms with E-state index < -0.39 is 0 Å². The highest BCUT2D eigenvalue weighted by molar-refractivity contribution is 5.99. The molecule has 0 aliphatic carbocycles. The van der Waals surface area contributed by atoms with Crippen LogP contribution in [0.15, 0.2) is 29.4 Å². The Bertz CT molecular complexity index is 483. The molecule has 0 aliphatic rings. The zero-order valence-electron chi connectivity index (χ0n) is 13.2. The third-order valence-electron chi connectivity index (χ3n) is 2.99. The zero-order valence-corrected chi connectivity index (χ0v) is 13.2. The Morgan fingerprint density at radius 3 is 1.90 bits per heavy atom. The lowest BCUT2D eigenvalue weighted by Gasteiger charge is -2.26. The highest BCUT2D eigenvalue weighted by Gasteiger charge is 2.18. The largest absolute Gasteiger partial charge is 0.409 e. The minimum atomic E-state index is 0.0171. The lowest BCUT2D eigenvalue weighted by molar-refractivity contribution is 0.0715. The average Bonchev–Trinajstić information content (AvgIpc) is 2.44. The second kappa shape index (κ2) is 7.67. The molecule has 0 saturated heterocycles. The second-order valence-corrected chi connectivity index (χ2v) is 6.06. The SMILES string of the molecule is CC(C)CN(CC(C)C)C(=O)c1ccc(/C(N)=N/O)cc1. The number of benzene rings is 1. The molecule has 0 atom stereocenters. The molecule has 1 aromatic rings. The number of carbonyl (C=O) groups excluding carboxylic acids is 1. The molecule has 116 valence electrons. The summed E-state index contributed by atoms with van der Waals surface area (Å²) in [5, 5.41) is 11.6. The van der Waals surface area contributed by atoms with Crippen LogP contribution in [0.1, 0.15) is 43.6 Å². The molecule has 0 spiro atoms. The van der Waals surface area contributed by atoms with Gasteiger partial charge in [0.1, 0.15) is 0 Å². The molecule has 0 aromatic heterocycles. The van der Waals surface area contributed by atoms with E-state index in [2.05, 4.69) is 32.9 Å². The number of rotatable bonds is 6. The predicted octanol–water partition coefficient (Wildman–Crippen LogP) is 2.54. The van der Waals surface area contributed by atoms with Crippen LogP contribution in [0.5, 0.6) is 0 Å². The smallest absolute Gasteiger partial charge is 0.253 e. The summed E-state index contributed by atoms with van der Waals surface area (Å²) in [5.41, 5.74) is 6.72. The maximum Gasteiger partial charge on any atom is 0.253 e. The van der Waals surface area contributed by atoms with Gasteiger partial charge < -0.3 is 15.8 Å². The third kappa shape index (κ3) is 5.10. The van der Waals surface area contributed by atoms with Crippen LogP contribution >= 0.6 is 0 Å². The molecule has 0 unspecified atom stereocenters. The van der Waals surface area contributed by atoms with Gasteiger partial charge in [0, 0.05) is 24.2 Å². The van der Waals surface area contributed by atoms with Crippen LogP contribution in [0.2, 0.25) is 0 Å². The van der Waals surface area contributed by atoms with E-state index in [9.17, 15) is 4.79 Å². The molecule has 1 aromatic carbocycles. The van der Waals surface area contributed by atoms with Crippen LogP contribution in [0.3, 0.4) is 0 Å². The number of carbonyl (C=O) groups is 1. The maximum atomic E-state index is 12.6. The average molecular weight is 291 g/mol. The summed E-state index contributed by atoms with van der Waals surface area (Å²) in [6.45, 7) is 9.87. The standard InChI is InChI=1S/C16H25N3O2/c1-11(2)9-19(10-12(3)4)16(20)14-7-5-13(6-8-14)15(17)18-21/h5-8,11-12,21H,9-10H2,1-4H3,(H2,17,18). The Morgan fingerprint density at radius 2 is 1.52 bits per heavy atom. The van der Waals surface area contributed by atoms with Crippen molar-refractivity contribution in [1.29, 1.82) is 0 Å². The van der Waals surface area contributed by atoms with Gasteiger partial charge in [0.05, 0.1) is 0 Å². The first-order valence-electron chi connectivity index (χ1n) is 7.22. The van der Waals surface area contributed by atoms with Crippen molar-refractivity contribution in [3.63, 3.8) is 0 Å². The number of hydrogen-bond acceptors (Lipinski definition) is 3. The number of nitrogens with two attached hydrogens (primary N) is 1. The fourth-order valence-electron chi connectivity index (χ4n) is 2.15. The molecule has 1 amide bonds. The quantitative estimate of drug-likeness (QED) is 0.366. The number of amidine groups is 1. The van der Waals surface area contributed by atoms with Crippen molar-refractivity contribution in [2.75, 3.05) is 13.1 Å². The van der Waals surface area contributed by atoms with Gasteiger partial charge in [-0.25, -0.2) is 0 Å². The number of oxime groups is 1. The zero-order chi connectivity index (χ0) is 16.0. The Balaban J connectivity index is 2.92. The summed E-state index contributed by atoms with van der Waals surface area (Å²) in [5.74, 6) is 0.895. The van der Waals surface area contributed by atoms with Crippen molar-refractivity contribution in [2.45, 2.75) is 27.7 Å². The van der Waals surface area contributed by atoms with Crippen LogP contribution in [0, 0.1) is 11.8 Å². The molecular weight excluding hydrogens is 266 g/mol. The molecule has 21 heavy (non-hydrogen) atoms. The van der Waals surface area contributed by atoms with E-state index in [4.69, 9.17) is 10.9 Å². The summed E-state index contributed by atoms with van der Waals surface area (Å²) in [6, 6.07) is 6.79. The van der Waals surface area contributed by atoms with Crippen molar-refractivity contribution in [3.8, 4) is 0 Å². The van der Waals surface area contributed by atoms with Crippen LogP contribution in [0.4, 0.5) is 0 Å². The first-order chi connectivity index (χ1) is 9.85. The second-order valence-electron chi connectivity index (χ2n) is 6.06. The minimum absolute atomic E-state index is 0.0171. The molecule has 3 N–H and O–H groups in total. The molecule has 0 saturated carbocycles. The summed E-state index contributed by atoms with van der Waals surface area (Å²) in [6.07, 6.45) is 0. The fraction of sp³-hybridized carbons (Fsp3) is 0.500. The van der Waals surface area contributed by atoms with Gasteiger partial charge in [-0.1, -0.05) is 45.0 Å². The number of amides is 1. The van der Waals surface area contributed by atoms with E-state index in [1.807, 2.05) is 4.90 Å². The first-order valence-corrected chi connectivity index (χ1v) is 7.22. The Morgan fingerprint density at radius 1 is 1.10 bits per heavy atom. The monoisotopic (exact) mass is 291 g/mol. The molecule has 0 aliphatic heterocycles. The van der Waals surface area contributed by atoms with E-state index in [1.54, 1.807) is 24.3 Å². The van der Waals surface area contributed by atoms with Crippen LogP contribution in [0.25, 0.3) is 0 Å². The molecule has 5 heteroatoms. The lowest BCUT2D eigenvalue weighted by Crippen LogP contribution is -2.37. The van der Waals surface area contributed by atoms with E-state index >= 15 is 0 Å². The summed E-state index contributed by atoms with van der Waals surface area (Å²) >= 11 is 0. The normalized spacial score (nSPS) is 12.0. The Hall–Kier alpha value is -2.04. The van der Waals surface area contributed by atoms with Gasteiger partial charge in [-0.05, 0) is 24.0 Å². The highest BCUT2D eigenvalue weighted by atomic mass is 16.4. The van der Waals surface area contributed by atoms with Crippen LogP contribution in [-0.4, -0.2) is 34.9 Å². The van der Waals surface area contributed by atoms with E-state index in [1.165, 1.54) is 0 Å². The van der Waals surface area contributed by atoms with Crippen molar-refractivity contribution in [1.82, 2.24) is 4.90 Å². The van der Waals surface area contributed by atoms with E-state index in [0.29, 0.717) is 23.0 Å². The van der Waals surface area contributed by atoms with Gasteiger partial charge in [0.25, 0.3) is 5.91 Å². The van der Waals surface area contributed by atoms with Crippen LogP contribution < -0.4 is 5.73 Å². The molecule has 0 heterocycles. The first kappa shape index (κ1) is 17.0.